The first-order valence-corrected chi connectivity index (χ1v) is 3.43. The Hall–Kier alpha value is -1.37. The van der Waals surface area contributed by atoms with Crippen molar-refractivity contribution in [2.45, 2.75) is 6.61 Å². The summed E-state index contributed by atoms with van der Waals surface area (Å²) < 4.78 is 0. The van der Waals surface area contributed by atoms with Crippen LogP contribution < -0.4 is 5.90 Å². The normalized spacial score (nSPS) is 9.21. The van der Waals surface area contributed by atoms with Crippen molar-refractivity contribution in [2.24, 2.45) is 5.90 Å². The van der Waals surface area contributed by atoms with E-state index in [9.17, 15) is 15.2 Å². The molecule has 0 spiro atoms. The predicted molar refractivity (Wildman–Crippen MR) is 51.0 cm³/mol. The van der Waals surface area contributed by atoms with Crippen molar-refractivity contribution >= 4 is 18.1 Å². The highest BCUT2D eigenvalue weighted by Crippen LogP contribution is 2.23. The van der Waals surface area contributed by atoms with E-state index in [-0.39, 0.29) is 30.5 Å². The second-order valence-corrected chi connectivity index (χ2v) is 2.38. The molecule has 3 N–H and O–H groups in total. The van der Waals surface area contributed by atoms with Crippen LogP contribution in [0.5, 0.6) is 5.75 Å². The van der Waals surface area contributed by atoms with E-state index in [2.05, 4.69) is 4.84 Å². The molecule has 1 aromatic rings. The molecule has 7 heteroatoms. The number of phenols is 1. The number of hydrogen-bond acceptors (Lipinski definition) is 5. The Balaban J connectivity index is 0.00000169. The van der Waals surface area contributed by atoms with Crippen LogP contribution in [0.25, 0.3) is 0 Å². The Kier molecular flexibility index (Phi) is 4.85. The van der Waals surface area contributed by atoms with Crippen molar-refractivity contribution in [3.63, 3.8) is 0 Å². The van der Waals surface area contributed by atoms with Gasteiger partial charge in [-0.15, -0.1) is 12.4 Å². The molecular weight excluding hydrogens is 212 g/mol. The highest BCUT2D eigenvalue weighted by Gasteiger charge is 2.09. The molecule has 0 radical (unpaired) electrons. The van der Waals surface area contributed by atoms with E-state index in [1.165, 1.54) is 12.1 Å². The van der Waals surface area contributed by atoms with Gasteiger partial charge in [-0.05, 0) is 6.07 Å². The summed E-state index contributed by atoms with van der Waals surface area (Å²) in [6.45, 7) is 0.0177. The number of rotatable bonds is 3. The molecule has 14 heavy (non-hydrogen) atoms. The summed E-state index contributed by atoms with van der Waals surface area (Å²) in [4.78, 5) is 13.9. The lowest BCUT2D eigenvalue weighted by atomic mass is 10.2. The second kappa shape index (κ2) is 5.38. The number of phenolic OH excluding ortho intramolecular Hbond substituents is 1. The lowest BCUT2D eigenvalue weighted by Crippen LogP contribution is -1.99. The lowest BCUT2D eigenvalue weighted by molar-refractivity contribution is -0.385. The maximum Gasteiger partial charge on any atom is 0.273 e. The topological polar surface area (TPSA) is 98.6 Å². The fourth-order valence-corrected chi connectivity index (χ4v) is 0.878. The molecule has 78 valence electrons. The first kappa shape index (κ1) is 12.6. The van der Waals surface area contributed by atoms with Crippen LogP contribution >= 0.6 is 12.4 Å². The van der Waals surface area contributed by atoms with Gasteiger partial charge in [0.25, 0.3) is 5.69 Å². The average Bonchev–Trinajstić information content (AvgIpc) is 2.08. The molecule has 0 bridgehead atoms. The van der Waals surface area contributed by atoms with Gasteiger partial charge in [-0.3, -0.25) is 15.0 Å². The summed E-state index contributed by atoms with van der Waals surface area (Å²) in [5.74, 6) is 4.59. The summed E-state index contributed by atoms with van der Waals surface area (Å²) >= 11 is 0. The van der Waals surface area contributed by atoms with Crippen LogP contribution in [0.2, 0.25) is 0 Å². The first-order chi connectivity index (χ1) is 6.15. The number of halogens is 1. The summed E-state index contributed by atoms with van der Waals surface area (Å²) in [5, 5.41) is 19.5. The van der Waals surface area contributed by atoms with Crippen LogP contribution in [0.15, 0.2) is 18.2 Å². The zero-order valence-corrected chi connectivity index (χ0v) is 7.86. The third kappa shape index (κ3) is 2.84. The third-order valence-electron chi connectivity index (χ3n) is 1.52. The van der Waals surface area contributed by atoms with Gasteiger partial charge < -0.3 is 5.11 Å². The molecule has 0 fully saturated rings. The Morgan fingerprint density at radius 1 is 1.57 bits per heavy atom. The highest BCUT2D eigenvalue weighted by atomic mass is 35.5. The largest absolute Gasteiger partial charge is 0.507 e. The van der Waals surface area contributed by atoms with Crippen molar-refractivity contribution in [1.29, 1.82) is 0 Å². The van der Waals surface area contributed by atoms with Crippen molar-refractivity contribution in [1.82, 2.24) is 0 Å². The Morgan fingerprint density at radius 3 is 2.64 bits per heavy atom. The third-order valence-corrected chi connectivity index (χ3v) is 1.52. The average molecular weight is 221 g/mol. The summed E-state index contributed by atoms with van der Waals surface area (Å²) in [7, 11) is 0. The van der Waals surface area contributed by atoms with Crippen LogP contribution in [0.4, 0.5) is 5.69 Å². The first-order valence-electron chi connectivity index (χ1n) is 3.43. The maximum absolute atomic E-state index is 10.3. The zero-order chi connectivity index (χ0) is 9.84. The second-order valence-electron chi connectivity index (χ2n) is 2.38. The molecule has 1 aromatic carbocycles. The van der Waals surface area contributed by atoms with Crippen molar-refractivity contribution < 1.29 is 14.9 Å². The highest BCUT2D eigenvalue weighted by molar-refractivity contribution is 5.85. The predicted octanol–water partition coefficient (Wildman–Crippen LogP) is 1.11. The summed E-state index contributed by atoms with van der Waals surface area (Å²) in [5.41, 5.74) is 0.242. The molecule has 6 nitrogen and oxygen atoms in total. The van der Waals surface area contributed by atoms with Crippen molar-refractivity contribution in [3.05, 3.63) is 33.9 Å². The number of aromatic hydroxyl groups is 1. The number of nitro benzene ring substituents is 1. The van der Waals surface area contributed by atoms with Crippen LogP contribution in [0, 0.1) is 10.1 Å². The molecular formula is C7H9ClN2O4. The molecule has 1 rings (SSSR count). The van der Waals surface area contributed by atoms with Crippen LogP contribution in [-0.2, 0) is 11.4 Å². The standard InChI is InChI=1S/C7H8N2O4.ClH/c8-13-4-5-1-2-6(9(11)12)3-7(5)10;/h1-3,10H,4,8H2;1H. The molecule has 0 heterocycles. The molecule has 0 saturated heterocycles. The number of nitro groups is 1. The summed E-state index contributed by atoms with van der Waals surface area (Å²) in [6, 6.07) is 3.71. The van der Waals surface area contributed by atoms with Gasteiger partial charge in [-0.25, -0.2) is 5.90 Å². The van der Waals surface area contributed by atoms with Gasteiger partial charge in [0, 0.05) is 11.6 Å². The van der Waals surface area contributed by atoms with Crippen LogP contribution in [0.1, 0.15) is 5.56 Å². The molecule has 0 aliphatic carbocycles. The summed E-state index contributed by atoms with van der Waals surface area (Å²) in [6.07, 6.45) is 0. The minimum absolute atomic E-state index is 0. The fraction of sp³-hybridized carbons (Fsp3) is 0.143. The molecule has 0 unspecified atom stereocenters. The molecule has 0 aliphatic heterocycles. The molecule has 0 saturated carbocycles. The van der Waals surface area contributed by atoms with E-state index >= 15 is 0 Å². The minimum atomic E-state index is -0.590. The van der Waals surface area contributed by atoms with E-state index in [4.69, 9.17) is 5.90 Å². The Labute approximate surface area is 85.8 Å². The van der Waals surface area contributed by atoms with Gasteiger partial charge in [-0.1, -0.05) is 0 Å². The smallest absolute Gasteiger partial charge is 0.273 e. The number of nitrogens with zero attached hydrogens (tertiary/aromatic N) is 1. The molecule has 0 aliphatic rings. The van der Waals surface area contributed by atoms with E-state index < -0.39 is 4.92 Å². The van der Waals surface area contributed by atoms with Crippen molar-refractivity contribution in [2.75, 3.05) is 0 Å². The Morgan fingerprint density at radius 2 is 2.21 bits per heavy atom. The van der Waals surface area contributed by atoms with Gasteiger partial charge in [0.15, 0.2) is 0 Å². The van der Waals surface area contributed by atoms with Gasteiger partial charge >= 0.3 is 0 Å². The molecule has 0 amide bonds. The van der Waals surface area contributed by atoms with E-state index in [0.29, 0.717) is 5.56 Å². The van der Waals surface area contributed by atoms with Crippen LogP contribution in [0.3, 0.4) is 0 Å². The van der Waals surface area contributed by atoms with Gasteiger partial charge in [0.05, 0.1) is 17.6 Å². The maximum atomic E-state index is 10.3. The fourth-order valence-electron chi connectivity index (χ4n) is 0.878. The monoisotopic (exact) mass is 220 g/mol. The van der Waals surface area contributed by atoms with E-state index in [0.717, 1.165) is 6.07 Å². The number of hydrogen-bond donors (Lipinski definition) is 2. The number of benzene rings is 1. The van der Waals surface area contributed by atoms with Gasteiger partial charge in [0.1, 0.15) is 5.75 Å². The number of non-ortho nitro benzene ring substituents is 1. The lowest BCUT2D eigenvalue weighted by Gasteiger charge is -2.01. The minimum Gasteiger partial charge on any atom is -0.507 e. The quantitative estimate of drug-likeness (QED) is 0.587. The van der Waals surface area contributed by atoms with Gasteiger partial charge in [-0.2, -0.15) is 0 Å². The van der Waals surface area contributed by atoms with E-state index in [1.54, 1.807) is 0 Å². The van der Waals surface area contributed by atoms with Crippen molar-refractivity contribution in [3.8, 4) is 5.75 Å². The number of nitrogens with two attached hydrogens (primary N) is 1. The Bertz CT molecular complexity index is 331. The molecule has 0 aromatic heterocycles. The van der Waals surface area contributed by atoms with E-state index in [1.807, 2.05) is 0 Å². The zero-order valence-electron chi connectivity index (χ0n) is 7.04. The van der Waals surface area contributed by atoms with Gasteiger partial charge in [0.2, 0.25) is 0 Å². The SMILES string of the molecule is Cl.NOCc1ccc([N+](=O)[O-])cc1O. The molecule has 0 atom stereocenters. The van der Waals surface area contributed by atoms with Crippen LogP contribution in [-0.4, -0.2) is 10.0 Å².